The van der Waals surface area contributed by atoms with Crippen LogP contribution in [0.5, 0.6) is 11.5 Å². The number of amides is 2. The standard InChI is InChI=1S/C22H26N2O5/c1-22(2,3)29-21(26)23-17(12-15-8-6-5-7-9-15)20(25)24(4)16-10-11-18-19(13-16)28-14-27-18/h5-11,13,17H,12,14H2,1-4H3,(H,23,26)/t17-/m0/s1. The molecule has 0 saturated carbocycles. The second kappa shape index (κ2) is 8.43. The number of nitrogens with one attached hydrogen (secondary N) is 1. The molecular weight excluding hydrogens is 372 g/mol. The zero-order valence-electron chi connectivity index (χ0n) is 17.1. The van der Waals surface area contributed by atoms with Gasteiger partial charge in [0.1, 0.15) is 11.6 Å². The van der Waals surface area contributed by atoms with E-state index in [1.807, 2.05) is 30.3 Å². The Morgan fingerprint density at radius 1 is 1.10 bits per heavy atom. The fraction of sp³-hybridized carbons (Fsp3) is 0.364. The van der Waals surface area contributed by atoms with Gasteiger partial charge in [0.25, 0.3) is 0 Å². The molecule has 154 valence electrons. The molecule has 0 saturated heterocycles. The highest BCUT2D eigenvalue weighted by Crippen LogP contribution is 2.35. The molecule has 2 aromatic rings. The third kappa shape index (κ3) is 5.40. The lowest BCUT2D eigenvalue weighted by atomic mass is 10.0. The number of likely N-dealkylation sites (N-methyl/N-ethyl adjacent to an activating group) is 1. The van der Waals surface area contributed by atoms with Crippen molar-refractivity contribution >= 4 is 17.7 Å². The number of rotatable bonds is 5. The Bertz CT molecular complexity index is 877. The first-order valence-electron chi connectivity index (χ1n) is 9.43. The molecule has 1 heterocycles. The number of hydrogen-bond donors (Lipinski definition) is 1. The molecule has 1 N–H and O–H groups in total. The van der Waals surface area contributed by atoms with Gasteiger partial charge in [-0.2, -0.15) is 0 Å². The first kappa shape index (κ1) is 20.5. The fourth-order valence-electron chi connectivity index (χ4n) is 2.95. The van der Waals surface area contributed by atoms with Crippen LogP contribution in [0.2, 0.25) is 0 Å². The Morgan fingerprint density at radius 2 is 1.79 bits per heavy atom. The van der Waals surface area contributed by atoms with E-state index in [0.29, 0.717) is 23.6 Å². The summed E-state index contributed by atoms with van der Waals surface area (Å²) in [7, 11) is 1.66. The van der Waals surface area contributed by atoms with E-state index in [0.717, 1.165) is 5.56 Å². The Hall–Kier alpha value is -3.22. The zero-order chi connectivity index (χ0) is 21.0. The van der Waals surface area contributed by atoms with Crippen LogP contribution in [0.25, 0.3) is 0 Å². The molecule has 1 atom stereocenters. The maximum atomic E-state index is 13.2. The van der Waals surface area contributed by atoms with Gasteiger partial charge in [-0.3, -0.25) is 4.79 Å². The Kier molecular flexibility index (Phi) is 5.96. The molecule has 0 bridgehead atoms. The van der Waals surface area contributed by atoms with Crippen LogP contribution in [0, 0.1) is 0 Å². The molecule has 29 heavy (non-hydrogen) atoms. The van der Waals surface area contributed by atoms with E-state index in [4.69, 9.17) is 14.2 Å². The molecule has 3 rings (SSSR count). The van der Waals surface area contributed by atoms with Crippen molar-refractivity contribution in [1.29, 1.82) is 0 Å². The summed E-state index contributed by atoms with van der Waals surface area (Å²) in [6.07, 6.45) is -0.292. The number of carbonyl (C=O) groups is 2. The van der Waals surface area contributed by atoms with Crippen LogP contribution in [0.1, 0.15) is 26.3 Å². The lowest BCUT2D eigenvalue weighted by molar-refractivity contribution is -0.120. The summed E-state index contributed by atoms with van der Waals surface area (Å²) in [5.74, 6) is 0.961. The van der Waals surface area contributed by atoms with E-state index < -0.39 is 17.7 Å². The third-order valence-corrected chi connectivity index (χ3v) is 4.35. The van der Waals surface area contributed by atoms with Crippen molar-refractivity contribution in [2.24, 2.45) is 0 Å². The Labute approximate surface area is 170 Å². The second-order valence-corrected chi connectivity index (χ2v) is 7.82. The van der Waals surface area contributed by atoms with Crippen LogP contribution >= 0.6 is 0 Å². The van der Waals surface area contributed by atoms with Crippen LogP contribution in [-0.4, -0.2) is 37.5 Å². The number of fused-ring (bicyclic) bond motifs is 1. The summed E-state index contributed by atoms with van der Waals surface area (Å²) in [6.45, 7) is 5.49. The molecule has 7 heteroatoms. The normalized spacial score (nSPS) is 13.5. The number of benzene rings is 2. The molecule has 0 radical (unpaired) electrons. The summed E-state index contributed by atoms with van der Waals surface area (Å²) in [5.41, 5.74) is 0.914. The van der Waals surface area contributed by atoms with Crippen molar-refractivity contribution in [2.45, 2.75) is 38.8 Å². The molecule has 0 spiro atoms. The lowest BCUT2D eigenvalue weighted by Gasteiger charge is -2.27. The molecule has 0 aromatic heterocycles. The first-order valence-corrected chi connectivity index (χ1v) is 9.43. The Morgan fingerprint density at radius 3 is 2.48 bits per heavy atom. The Balaban J connectivity index is 1.79. The second-order valence-electron chi connectivity index (χ2n) is 7.82. The van der Waals surface area contributed by atoms with Gasteiger partial charge in [-0.25, -0.2) is 4.79 Å². The molecule has 0 aliphatic carbocycles. The number of nitrogens with zero attached hydrogens (tertiary/aromatic N) is 1. The maximum absolute atomic E-state index is 13.2. The van der Waals surface area contributed by atoms with Crippen LogP contribution in [0.15, 0.2) is 48.5 Å². The SMILES string of the molecule is CN(C(=O)[C@H](Cc1ccccc1)NC(=O)OC(C)(C)C)c1ccc2c(c1)OCO2. The maximum Gasteiger partial charge on any atom is 0.408 e. The van der Waals surface area contributed by atoms with E-state index in [2.05, 4.69) is 5.32 Å². The zero-order valence-corrected chi connectivity index (χ0v) is 17.1. The van der Waals surface area contributed by atoms with Crippen LogP contribution in [0.3, 0.4) is 0 Å². The summed E-state index contributed by atoms with van der Waals surface area (Å²) in [4.78, 5) is 27.1. The van der Waals surface area contributed by atoms with E-state index in [-0.39, 0.29) is 12.7 Å². The summed E-state index contributed by atoms with van der Waals surface area (Å²) >= 11 is 0. The van der Waals surface area contributed by atoms with Crippen molar-refractivity contribution < 1.29 is 23.8 Å². The largest absolute Gasteiger partial charge is 0.454 e. The topological polar surface area (TPSA) is 77.1 Å². The lowest BCUT2D eigenvalue weighted by Crippen LogP contribution is -2.50. The molecule has 1 aliphatic heterocycles. The van der Waals surface area contributed by atoms with Crippen molar-refractivity contribution in [2.75, 3.05) is 18.7 Å². The van der Waals surface area contributed by atoms with Gasteiger partial charge in [-0.05, 0) is 38.5 Å². The van der Waals surface area contributed by atoms with E-state index in [9.17, 15) is 9.59 Å². The third-order valence-electron chi connectivity index (χ3n) is 4.35. The highest BCUT2D eigenvalue weighted by molar-refractivity contribution is 5.98. The average molecular weight is 398 g/mol. The molecule has 2 amide bonds. The number of alkyl carbamates (subject to hydrolysis) is 1. The average Bonchev–Trinajstić information content (AvgIpc) is 3.13. The number of ether oxygens (including phenoxy) is 3. The van der Waals surface area contributed by atoms with Crippen LogP contribution < -0.4 is 19.7 Å². The van der Waals surface area contributed by atoms with E-state index >= 15 is 0 Å². The van der Waals surface area contributed by atoms with Crippen molar-refractivity contribution in [1.82, 2.24) is 5.32 Å². The molecule has 1 aliphatic rings. The highest BCUT2D eigenvalue weighted by atomic mass is 16.7. The summed E-state index contributed by atoms with van der Waals surface area (Å²) in [6, 6.07) is 14.0. The first-order chi connectivity index (χ1) is 13.7. The highest BCUT2D eigenvalue weighted by Gasteiger charge is 2.28. The summed E-state index contributed by atoms with van der Waals surface area (Å²) in [5, 5.41) is 2.72. The van der Waals surface area contributed by atoms with Crippen molar-refractivity contribution in [3.63, 3.8) is 0 Å². The van der Waals surface area contributed by atoms with Gasteiger partial charge in [0.2, 0.25) is 12.7 Å². The molecular formula is C22H26N2O5. The number of anilines is 1. The molecule has 7 nitrogen and oxygen atoms in total. The molecule has 0 fully saturated rings. The smallest absolute Gasteiger partial charge is 0.408 e. The minimum absolute atomic E-state index is 0.160. The van der Waals surface area contributed by atoms with Gasteiger partial charge in [0, 0.05) is 25.2 Å². The van der Waals surface area contributed by atoms with Gasteiger partial charge in [-0.1, -0.05) is 30.3 Å². The van der Waals surface area contributed by atoms with Crippen LogP contribution in [0.4, 0.5) is 10.5 Å². The predicted molar refractivity (Wildman–Crippen MR) is 109 cm³/mol. The number of carbonyl (C=O) groups excluding carboxylic acids is 2. The van der Waals surface area contributed by atoms with Gasteiger partial charge in [0.05, 0.1) is 0 Å². The van der Waals surface area contributed by atoms with Crippen molar-refractivity contribution in [3.8, 4) is 11.5 Å². The van der Waals surface area contributed by atoms with Crippen LogP contribution in [-0.2, 0) is 16.0 Å². The van der Waals surface area contributed by atoms with Gasteiger partial charge in [-0.15, -0.1) is 0 Å². The predicted octanol–water partition coefficient (Wildman–Crippen LogP) is 3.51. The molecule has 0 unspecified atom stereocenters. The quantitative estimate of drug-likeness (QED) is 0.834. The van der Waals surface area contributed by atoms with Crippen molar-refractivity contribution in [3.05, 3.63) is 54.1 Å². The summed E-state index contributed by atoms with van der Waals surface area (Å²) < 4.78 is 16.1. The van der Waals surface area contributed by atoms with Gasteiger partial charge >= 0.3 is 6.09 Å². The van der Waals surface area contributed by atoms with E-state index in [1.54, 1.807) is 46.0 Å². The van der Waals surface area contributed by atoms with Gasteiger partial charge < -0.3 is 24.4 Å². The number of hydrogen-bond acceptors (Lipinski definition) is 5. The fourth-order valence-corrected chi connectivity index (χ4v) is 2.95. The van der Waals surface area contributed by atoms with E-state index in [1.165, 1.54) is 4.90 Å². The van der Waals surface area contributed by atoms with Gasteiger partial charge in [0.15, 0.2) is 11.5 Å². The molecule has 2 aromatic carbocycles. The minimum Gasteiger partial charge on any atom is -0.454 e. The monoisotopic (exact) mass is 398 g/mol. The minimum atomic E-state index is -0.789.